The second-order valence-electron chi connectivity index (χ2n) is 4.03. The third-order valence-electron chi connectivity index (χ3n) is 2.71. The second kappa shape index (κ2) is 5.55. The number of benzene rings is 1. The van der Waals surface area contributed by atoms with Gasteiger partial charge in [0.25, 0.3) is 0 Å². The molecule has 0 saturated carbocycles. The van der Waals surface area contributed by atoms with Crippen LogP contribution in [0, 0.1) is 12.7 Å². The summed E-state index contributed by atoms with van der Waals surface area (Å²) in [6.07, 6.45) is 3.66. The molecule has 0 fully saturated rings. The van der Waals surface area contributed by atoms with E-state index in [-0.39, 0.29) is 5.82 Å². The van der Waals surface area contributed by atoms with Gasteiger partial charge in [-0.3, -0.25) is 4.98 Å². The van der Waals surface area contributed by atoms with Crippen molar-refractivity contribution in [3.05, 3.63) is 65.2 Å². The van der Waals surface area contributed by atoms with Crippen LogP contribution in [-0.4, -0.2) is 4.98 Å². The summed E-state index contributed by atoms with van der Waals surface area (Å²) in [4.78, 5) is 4.09. The molecule has 1 aromatic carbocycles. The first-order chi connectivity index (χ1) is 8.25. The molecular weight excluding hydrogens is 215 g/mol. The van der Waals surface area contributed by atoms with Crippen LogP contribution in [0.3, 0.4) is 0 Å². The van der Waals surface area contributed by atoms with Gasteiger partial charge in [-0.05, 0) is 41.8 Å². The van der Waals surface area contributed by atoms with Crippen LogP contribution < -0.4 is 5.32 Å². The number of pyridine rings is 1. The molecule has 0 aliphatic heterocycles. The Balaban J connectivity index is 1.88. The Hall–Kier alpha value is -1.74. The first-order valence-corrected chi connectivity index (χ1v) is 5.60. The molecule has 88 valence electrons. The number of hydrogen-bond acceptors (Lipinski definition) is 2. The van der Waals surface area contributed by atoms with Crippen molar-refractivity contribution in [1.82, 2.24) is 10.3 Å². The summed E-state index contributed by atoms with van der Waals surface area (Å²) in [5, 5.41) is 3.32. The highest BCUT2D eigenvalue weighted by Crippen LogP contribution is 2.06. The molecule has 2 rings (SSSR count). The van der Waals surface area contributed by atoms with E-state index in [1.807, 2.05) is 12.3 Å². The average molecular weight is 230 g/mol. The number of nitrogens with one attached hydrogen (secondary N) is 1. The fourth-order valence-corrected chi connectivity index (χ4v) is 1.63. The SMILES string of the molecule is Cc1ccncc1CNCc1ccc(F)cc1. The standard InChI is InChI=1S/C14H15FN2/c1-11-6-7-16-9-13(11)10-17-8-12-2-4-14(15)5-3-12/h2-7,9,17H,8,10H2,1H3. The van der Waals surface area contributed by atoms with Crippen molar-refractivity contribution in [2.24, 2.45) is 0 Å². The maximum atomic E-state index is 12.7. The van der Waals surface area contributed by atoms with Gasteiger partial charge >= 0.3 is 0 Å². The Morgan fingerprint density at radius 1 is 1.12 bits per heavy atom. The van der Waals surface area contributed by atoms with Crippen molar-refractivity contribution >= 4 is 0 Å². The highest BCUT2D eigenvalue weighted by Gasteiger charge is 1.98. The van der Waals surface area contributed by atoms with Crippen LogP contribution in [0.25, 0.3) is 0 Å². The van der Waals surface area contributed by atoms with Gasteiger partial charge < -0.3 is 5.32 Å². The lowest BCUT2D eigenvalue weighted by Crippen LogP contribution is -2.13. The predicted octanol–water partition coefficient (Wildman–Crippen LogP) is 2.82. The van der Waals surface area contributed by atoms with E-state index < -0.39 is 0 Å². The molecule has 0 amide bonds. The van der Waals surface area contributed by atoms with Crippen LogP contribution >= 0.6 is 0 Å². The summed E-state index contributed by atoms with van der Waals surface area (Å²) in [7, 11) is 0. The number of aromatic nitrogens is 1. The smallest absolute Gasteiger partial charge is 0.123 e. The molecule has 1 heterocycles. The van der Waals surface area contributed by atoms with Crippen molar-refractivity contribution in [2.45, 2.75) is 20.0 Å². The van der Waals surface area contributed by atoms with Gasteiger partial charge in [0.15, 0.2) is 0 Å². The van der Waals surface area contributed by atoms with Crippen molar-refractivity contribution in [1.29, 1.82) is 0 Å². The molecule has 0 bridgehead atoms. The molecule has 0 unspecified atom stereocenters. The number of nitrogens with zero attached hydrogens (tertiary/aromatic N) is 1. The van der Waals surface area contributed by atoms with Gasteiger partial charge in [0.2, 0.25) is 0 Å². The largest absolute Gasteiger partial charge is 0.309 e. The van der Waals surface area contributed by atoms with Crippen LogP contribution in [0.5, 0.6) is 0 Å². The van der Waals surface area contributed by atoms with E-state index in [4.69, 9.17) is 0 Å². The molecule has 3 heteroatoms. The Kier molecular flexibility index (Phi) is 3.83. The maximum absolute atomic E-state index is 12.7. The summed E-state index contributed by atoms with van der Waals surface area (Å²) < 4.78 is 12.7. The van der Waals surface area contributed by atoms with Crippen molar-refractivity contribution in [3.8, 4) is 0 Å². The van der Waals surface area contributed by atoms with Gasteiger partial charge in [0.05, 0.1) is 0 Å². The minimum atomic E-state index is -0.197. The summed E-state index contributed by atoms with van der Waals surface area (Å²) in [6, 6.07) is 8.53. The van der Waals surface area contributed by atoms with Crippen molar-refractivity contribution in [2.75, 3.05) is 0 Å². The zero-order valence-electron chi connectivity index (χ0n) is 9.78. The zero-order chi connectivity index (χ0) is 12.1. The highest BCUT2D eigenvalue weighted by atomic mass is 19.1. The van der Waals surface area contributed by atoms with Gasteiger partial charge in [-0.25, -0.2) is 4.39 Å². The van der Waals surface area contributed by atoms with E-state index in [0.717, 1.165) is 18.7 Å². The van der Waals surface area contributed by atoms with Gasteiger partial charge in [0.1, 0.15) is 5.82 Å². The molecule has 1 N–H and O–H groups in total. The Morgan fingerprint density at radius 3 is 2.59 bits per heavy atom. The number of halogens is 1. The van der Waals surface area contributed by atoms with E-state index in [1.165, 1.54) is 23.3 Å². The van der Waals surface area contributed by atoms with Gasteiger partial charge in [-0.2, -0.15) is 0 Å². The van der Waals surface area contributed by atoms with Gasteiger partial charge in [0, 0.05) is 25.5 Å². The monoisotopic (exact) mass is 230 g/mol. The van der Waals surface area contributed by atoms with Gasteiger partial charge in [-0.1, -0.05) is 12.1 Å². The highest BCUT2D eigenvalue weighted by molar-refractivity contribution is 5.21. The number of hydrogen-bond donors (Lipinski definition) is 1. The minimum absolute atomic E-state index is 0.197. The Bertz CT molecular complexity index is 480. The molecule has 2 aromatic rings. The zero-order valence-corrected chi connectivity index (χ0v) is 9.78. The van der Waals surface area contributed by atoms with Crippen molar-refractivity contribution < 1.29 is 4.39 Å². The lowest BCUT2D eigenvalue weighted by atomic mass is 10.1. The predicted molar refractivity (Wildman–Crippen MR) is 65.9 cm³/mol. The van der Waals surface area contributed by atoms with E-state index in [9.17, 15) is 4.39 Å². The maximum Gasteiger partial charge on any atom is 0.123 e. The Labute approximate surface area is 101 Å². The normalized spacial score (nSPS) is 10.5. The summed E-state index contributed by atoms with van der Waals surface area (Å²) in [5.74, 6) is -0.197. The fourth-order valence-electron chi connectivity index (χ4n) is 1.63. The summed E-state index contributed by atoms with van der Waals surface area (Å²) >= 11 is 0. The van der Waals surface area contributed by atoms with Crippen LogP contribution in [0.2, 0.25) is 0 Å². The first kappa shape index (κ1) is 11.7. The molecule has 0 aliphatic rings. The number of rotatable bonds is 4. The van der Waals surface area contributed by atoms with E-state index >= 15 is 0 Å². The minimum Gasteiger partial charge on any atom is -0.309 e. The molecule has 17 heavy (non-hydrogen) atoms. The van der Waals surface area contributed by atoms with Gasteiger partial charge in [-0.15, -0.1) is 0 Å². The number of aryl methyl sites for hydroxylation is 1. The lowest BCUT2D eigenvalue weighted by Gasteiger charge is -2.07. The fraction of sp³-hybridized carbons (Fsp3) is 0.214. The molecule has 0 spiro atoms. The van der Waals surface area contributed by atoms with E-state index in [1.54, 1.807) is 18.3 Å². The molecular formula is C14H15FN2. The second-order valence-corrected chi connectivity index (χ2v) is 4.03. The molecule has 0 radical (unpaired) electrons. The van der Waals surface area contributed by atoms with Crippen LogP contribution in [0.15, 0.2) is 42.7 Å². The Morgan fingerprint density at radius 2 is 1.88 bits per heavy atom. The van der Waals surface area contributed by atoms with E-state index in [0.29, 0.717) is 0 Å². The summed E-state index contributed by atoms with van der Waals surface area (Å²) in [6.45, 7) is 3.57. The third kappa shape index (κ3) is 3.36. The summed E-state index contributed by atoms with van der Waals surface area (Å²) in [5.41, 5.74) is 3.49. The van der Waals surface area contributed by atoms with Crippen molar-refractivity contribution in [3.63, 3.8) is 0 Å². The van der Waals surface area contributed by atoms with Crippen LogP contribution in [0.1, 0.15) is 16.7 Å². The molecule has 2 nitrogen and oxygen atoms in total. The quantitative estimate of drug-likeness (QED) is 0.873. The molecule has 0 saturated heterocycles. The third-order valence-corrected chi connectivity index (χ3v) is 2.71. The van der Waals surface area contributed by atoms with E-state index in [2.05, 4.69) is 17.2 Å². The van der Waals surface area contributed by atoms with Crippen LogP contribution in [-0.2, 0) is 13.1 Å². The lowest BCUT2D eigenvalue weighted by molar-refractivity contribution is 0.624. The molecule has 0 aliphatic carbocycles. The average Bonchev–Trinajstić information content (AvgIpc) is 2.34. The first-order valence-electron chi connectivity index (χ1n) is 5.60. The molecule has 1 aromatic heterocycles. The topological polar surface area (TPSA) is 24.9 Å². The molecule has 0 atom stereocenters. The van der Waals surface area contributed by atoms with Crippen LogP contribution in [0.4, 0.5) is 4.39 Å².